The van der Waals surface area contributed by atoms with Gasteiger partial charge in [-0.15, -0.1) is 0 Å². The number of rotatable bonds is 3. The SMILES string of the molecule is Brc1ccnc(-c2cc(Br)ccn2)c1.Brc1ccnc(-c2cc(Br)ccn2)c1.Brc1ccnc(-c2cc(Br)ccn2)c1.F[P-](F)(F)(F)(F)F.F[P-](F)(F)(F)(F)F.[Ru+2]. The molecule has 312 valence electrons. The molecule has 0 fully saturated rings. The Bertz CT molecular complexity index is 1880. The van der Waals surface area contributed by atoms with Crippen LogP contribution in [-0.2, 0) is 19.5 Å². The average Bonchev–Trinajstić information content (AvgIpc) is 3.03. The predicted molar refractivity (Wildman–Crippen MR) is 216 cm³/mol. The molecule has 0 N–H and O–H groups in total. The monoisotopic (exact) mass is 1330 g/mol. The first-order chi connectivity index (χ1) is 25.2. The summed E-state index contributed by atoms with van der Waals surface area (Å²) in [5.74, 6) is 0. The van der Waals surface area contributed by atoms with E-state index in [1.54, 1.807) is 37.2 Å². The zero-order valence-corrected chi connectivity index (χ0v) is 40.2. The minimum absolute atomic E-state index is 0. The van der Waals surface area contributed by atoms with Crippen LogP contribution in [0.2, 0.25) is 0 Å². The van der Waals surface area contributed by atoms with Gasteiger partial charge < -0.3 is 0 Å². The van der Waals surface area contributed by atoms with Crippen molar-refractivity contribution < 1.29 is 69.8 Å². The minimum Gasteiger partial charge on any atom is 2.00 e. The molecule has 0 aliphatic carbocycles. The molecule has 0 atom stereocenters. The molecule has 0 radical (unpaired) electrons. The van der Waals surface area contributed by atoms with Crippen molar-refractivity contribution in [1.82, 2.24) is 29.9 Å². The molecular formula is C30H18Br6F12N6P2Ru. The van der Waals surface area contributed by atoms with Crippen molar-refractivity contribution >= 4 is 111 Å². The summed E-state index contributed by atoms with van der Waals surface area (Å²) >= 11 is 20.4. The number of aromatic nitrogens is 6. The van der Waals surface area contributed by atoms with E-state index in [2.05, 4.69) is 125 Å². The topological polar surface area (TPSA) is 77.3 Å². The van der Waals surface area contributed by atoms with Crippen LogP contribution >= 0.6 is 111 Å². The molecule has 27 heteroatoms. The third-order valence-corrected chi connectivity index (χ3v) is 8.08. The van der Waals surface area contributed by atoms with Crippen LogP contribution in [0.1, 0.15) is 0 Å². The van der Waals surface area contributed by atoms with E-state index in [1.807, 2.05) is 72.8 Å². The molecule has 0 amide bonds. The Labute approximate surface area is 378 Å². The molecule has 0 saturated carbocycles. The number of halogens is 18. The van der Waals surface area contributed by atoms with Crippen molar-refractivity contribution in [2.75, 3.05) is 0 Å². The summed E-state index contributed by atoms with van der Waals surface area (Å²) in [6.45, 7) is 0. The van der Waals surface area contributed by atoms with Gasteiger partial charge in [0.15, 0.2) is 0 Å². The second-order valence-electron chi connectivity index (χ2n) is 10.1. The van der Waals surface area contributed by atoms with Gasteiger partial charge in [0.2, 0.25) is 0 Å². The molecule has 6 aromatic heterocycles. The fraction of sp³-hybridized carbons (Fsp3) is 0. The first kappa shape index (κ1) is 53.4. The van der Waals surface area contributed by atoms with Crippen LogP contribution in [0.3, 0.4) is 0 Å². The zero-order chi connectivity index (χ0) is 42.7. The van der Waals surface area contributed by atoms with Gasteiger partial charge in [-0.05, 0) is 72.8 Å². The number of hydrogen-bond acceptors (Lipinski definition) is 6. The van der Waals surface area contributed by atoms with Crippen molar-refractivity contribution in [2.24, 2.45) is 0 Å². The molecule has 6 nitrogen and oxygen atoms in total. The molecule has 0 aliphatic rings. The van der Waals surface area contributed by atoms with Gasteiger partial charge in [-0.3, -0.25) is 29.9 Å². The van der Waals surface area contributed by atoms with Crippen LogP contribution in [0.15, 0.2) is 137 Å². The van der Waals surface area contributed by atoms with Crippen LogP contribution in [0.5, 0.6) is 0 Å². The maximum absolute atomic E-state index is 10.7. The minimum atomic E-state index is -10.7. The third-order valence-electron chi connectivity index (χ3n) is 5.12. The summed E-state index contributed by atoms with van der Waals surface area (Å²) in [7, 11) is -21.3. The van der Waals surface area contributed by atoms with Crippen LogP contribution in [0.25, 0.3) is 34.2 Å². The Morgan fingerprint density at radius 1 is 0.281 bits per heavy atom. The van der Waals surface area contributed by atoms with Crippen LogP contribution < -0.4 is 0 Å². The molecule has 57 heavy (non-hydrogen) atoms. The summed E-state index contributed by atoms with van der Waals surface area (Å²) in [6, 6.07) is 23.0. The van der Waals surface area contributed by atoms with Gasteiger partial charge >= 0.3 is 85.5 Å². The second kappa shape index (κ2) is 19.9. The van der Waals surface area contributed by atoms with Gasteiger partial charge in [0.05, 0.1) is 34.2 Å². The standard InChI is InChI=1S/3C10H6Br2N2.2F6P.Ru/c3*11-7-1-3-13-9(5-7)10-6-8(12)2-4-14-10;2*1-7(2,3,4,5)6;/h3*1-6H;;;/q;;;2*-1;+2. The smallest absolute Gasteiger partial charge is 2.00 e. The molecule has 6 aromatic rings. The van der Waals surface area contributed by atoms with Gasteiger partial charge in [-0.1, -0.05) is 95.6 Å². The maximum Gasteiger partial charge on any atom is 2.00 e. The molecule has 0 saturated heterocycles. The quantitative estimate of drug-likeness (QED) is 0.0998. The van der Waals surface area contributed by atoms with E-state index in [9.17, 15) is 50.4 Å². The fourth-order valence-electron chi connectivity index (χ4n) is 3.27. The Morgan fingerprint density at radius 2 is 0.386 bits per heavy atom. The van der Waals surface area contributed by atoms with Crippen molar-refractivity contribution in [1.29, 1.82) is 0 Å². The van der Waals surface area contributed by atoms with E-state index in [0.717, 1.165) is 61.0 Å². The fourth-order valence-corrected chi connectivity index (χ4v) is 5.28. The van der Waals surface area contributed by atoms with Gasteiger partial charge in [0.25, 0.3) is 0 Å². The van der Waals surface area contributed by atoms with E-state index >= 15 is 0 Å². The van der Waals surface area contributed by atoms with Crippen LogP contribution in [-0.4, -0.2) is 29.9 Å². The van der Waals surface area contributed by atoms with Gasteiger partial charge in [-0.25, -0.2) is 0 Å². The van der Waals surface area contributed by atoms with Crippen molar-refractivity contribution in [2.45, 2.75) is 0 Å². The first-order valence-corrected chi connectivity index (χ1v) is 22.8. The molecule has 0 unspecified atom stereocenters. The largest absolute Gasteiger partial charge is 2.00 e. The van der Waals surface area contributed by atoms with Crippen molar-refractivity contribution in [3.8, 4) is 34.2 Å². The van der Waals surface area contributed by atoms with Gasteiger partial charge in [-0.2, -0.15) is 0 Å². The summed E-state index contributed by atoms with van der Waals surface area (Å²) in [5.41, 5.74) is 5.17. The molecular weight excluding hydrogens is 1310 g/mol. The molecule has 6 rings (SSSR count). The Morgan fingerprint density at radius 3 is 0.474 bits per heavy atom. The van der Waals surface area contributed by atoms with Crippen molar-refractivity contribution in [3.05, 3.63) is 137 Å². The third kappa shape index (κ3) is 30.2. The van der Waals surface area contributed by atoms with Crippen LogP contribution in [0.4, 0.5) is 50.4 Å². The second-order valence-corrected chi connectivity index (χ2v) is 19.4. The Hall–Kier alpha value is -1.58. The summed E-state index contributed by atoms with van der Waals surface area (Å²) in [4.78, 5) is 25.4. The maximum atomic E-state index is 9.87. The van der Waals surface area contributed by atoms with E-state index in [4.69, 9.17) is 0 Å². The summed E-state index contributed by atoms with van der Waals surface area (Å²) in [6.07, 6.45) is 10.5. The summed E-state index contributed by atoms with van der Waals surface area (Å²) < 4.78 is 124. The molecule has 0 spiro atoms. The van der Waals surface area contributed by atoms with Gasteiger partial charge in [0, 0.05) is 64.0 Å². The van der Waals surface area contributed by atoms with Crippen molar-refractivity contribution in [3.63, 3.8) is 0 Å². The van der Waals surface area contributed by atoms with Crippen LogP contribution in [0, 0.1) is 0 Å². The van der Waals surface area contributed by atoms with Gasteiger partial charge in [0.1, 0.15) is 0 Å². The number of hydrogen-bond donors (Lipinski definition) is 0. The average molecular weight is 1330 g/mol. The van der Waals surface area contributed by atoms with E-state index < -0.39 is 15.6 Å². The normalized spacial score (nSPS) is 13.2. The molecule has 0 aromatic carbocycles. The zero-order valence-electron chi connectivity index (χ0n) is 27.1. The Balaban J connectivity index is 0.000000367. The van der Waals surface area contributed by atoms with E-state index in [1.165, 1.54) is 0 Å². The number of nitrogens with zero attached hydrogens (tertiary/aromatic N) is 6. The molecule has 0 bridgehead atoms. The molecule has 6 heterocycles. The van der Waals surface area contributed by atoms with E-state index in [0.29, 0.717) is 0 Å². The summed E-state index contributed by atoms with van der Waals surface area (Å²) in [5, 5.41) is 0. The first-order valence-electron chi connectivity index (χ1n) is 14.0. The van der Waals surface area contributed by atoms with E-state index in [-0.39, 0.29) is 19.5 Å². The Kier molecular flexibility index (Phi) is 18.6. The predicted octanol–water partition coefficient (Wildman–Crippen LogP) is 17.8. The molecule has 0 aliphatic heterocycles. The number of pyridine rings is 6.